The van der Waals surface area contributed by atoms with Crippen LogP contribution in [0.2, 0.25) is 12.5 Å². The maximum atomic E-state index is 11.7. The molecule has 0 N–H and O–H groups in total. The normalized spacial score (nSPS) is 9.38. The molecule has 0 spiro atoms. The molecule has 0 rings (SSSR count). The van der Waals surface area contributed by atoms with Crippen LogP contribution in [0.25, 0.3) is 0 Å². The SMILES string of the molecule is C[CH2][In]([CH2]C)[CH2]CF. The third-order valence-electron chi connectivity index (χ3n) is 1.67. The molecule has 0 nitrogen and oxygen atoms in total. The Bertz CT molecular complexity index is 43.8. The first-order chi connectivity index (χ1) is 3.85. The Balaban J connectivity index is 3.07. The first-order valence-electron chi connectivity index (χ1n) is 3.41. The van der Waals surface area contributed by atoms with Crippen LogP contribution >= 0.6 is 0 Å². The van der Waals surface area contributed by atoms with Crippen LogP contribution in [0, 0.1) is 0 Å². The Morgan fingerprint density at radius 1 is 1.25 bits per heavy atom. The number of hydrogen-bond acceptors (Lipinski definition) is 0. The first-order valence-corrected chi connectivity index (χ1v) is 10.4. The molecule has 48 valence electrons. The summed E-state index contributed by atoms with van der Waals surface area (Å²) >= 11 is -1.18. The number of alkyl halides is 1. The van der Waals surface area contributed by atoms with Crippen LogP contribution in [0.5, 0.6) is 0 Å². The van der Waals surface area contributed by atoms with E-state index in [1.807, 2.05) is 0 Å². The summed E-state index contributed by atoms with van der Waals surface area (Å²) in [6, 6.07) is 0. The van der Waals surface area contributed by atoms with E-state index in [0.29, 0.717) is 0 Å². The van der Waals surface area contributed by atoms with Crippen molar-refractivity contribution in [2.24, 2.45) is 0 Å². The molecule has 0 aromatic heterocycles. The summed E-state index contributed by atoms with van der Waals surface area (Å²) in [5, 5.41) is 0. The van der Waals surface area contributed by atoms with Gasteiger partial charge in [-0.1, -0.05) is 0 Å². The summed E-state index contributed by atoms with van der Waals surface area (Å²) < 4.78 is 15.3. The third-order valence-corrected chi connectivity index (χ3v) is 11.2. The predicted octanol–water partition coefficient (Wildman–Crippen LogP) is 2.49. The van der Waals surface area contributed by atoms with E-state index in [9.17, 15) is 4.39 Å². The van der Waals surface area contributed by atoms with E-state index >= 15 is 0 Å². The van der Waals surface area contributed by atoms with Gasteiger partial charge in [0.1, 0.15) is 0 Å². The summed E-state index contributed by atoms with van der Waals surface area (Å²) in [6.07, 6.45) is 0. The summed E-state index contributed by atoms with van der Waals surface area (Å²) in [5.74, 6) is 0. The van der Waals surface area contributed by atoms with Gasteiger partial charge in [-0.2, -0.15) is 0 Å². The molecular weight excluding hydrogens is 206 g/mol. The monoisotopic (exact) mass is 220 g/mol. The Hall–Kier alpha value is 0.800. The fourth-order valence-corrected chi connectivity index (χ4v) is 5.71. The molecule has 2 heteroatoms. The van der Waals surface area contributed by atoms with Gasteiger partial charge in [0.2, 0.25) is 0 Å². The standard InChI is InChI=1S/C2H4F.2C2H5.In/c1-2-3;2*1-2;/h1-2H2;2*1H2,2H3;. The van der Waals surface area contributed by atoms with Crippen LogP contribution in [0.3, 0.4) is 0 Å². The molecule has 0 aliphatic rings. The molecule has 0 unspecified atom stereocenters. The second-order valence-electron chi connectivity index (χ2n) is 2.16. The minimum atomic E-state index is -1.18. The van der Waals surface area contributed by atoms with Gasteiger partial charge in [-0.15, -0.1) is 0 Å². The zero-order valence-corrected chi connectivity index (χ0v) is 9.08. The maximum absolute atomic E-state index is 11.7. The van der Waals surface area contributed by atoms with E-state index in [2.05, 4.69) is 13.8 Å². The van der Waals surface area contributed by atoms with Gasteiger partial charge in [-0.25, -0.2) is 0 Å². The molecule has 0 bridgehead atoms. The van der Waals surface area contributed by atoms with E-state index in [0.717, 1.165) is 4.18 Å². The topological polar surface area (TPSA) is 0 Å². The molecule has 0 saturated carbocycles. The number of rotatable bonds is 4. The molecule has 0 atom stereocenters. The second kappa shape index (κ2) is 5.93. The summed E-state index contributed by atoms with van der Waals surface area (Å²) in [4.78, 5) is 0. The average Bonchev–Trinajstić information content (AvgIpc) is 1.83. The molecule has 0 aliphatic heterocycles. The van der Waals surface area contributed by atoms with Crippen LogP contribution < -0.4 is 0 Å². The predicted molar refractivity (Wildman–Crippen MR) is 37.5 cm³/mol. The fraction of sp³-hybridized carbons (Fsp3) is 1.00. The molecule has 0 aromatic carbocycles. The molecule has 0 amide bonds. The fourth-order valence-electron chi connectivity index (χ4n) is 0.851. The van der Waals surface area contributed by atoms with Gasteiger partial charge in [0.25, 0.3) is 0 Å². The van der Waals surface area contributed by atoms with Gasteiger partial charge in [-0.3, -0.25) is 0 Å². The van der Waals surface area contributed by atoms with Crippen molar-refractivity contribution in [3.05, 3.63) is 0 Å². The van der Waals surface area contributed by atoms with Crippen LogP contribution in [0.4, 0.5) is 4.39 Å². The molecule has 0 heterocycles. The molecule has 0 aromatic rings. The number of halogens is 1. The summed E-state index contributed by atoms with van der Waals surface area (Å²) in [5.41, 5.74) is 0. The Morgan fingerprint density at radius 2 is 1.75 bits per heavy atom. The van der Waals surface area contributed by atoms with Crippen LogP contribution in [-0.2, 0) is 0 Å². The van der Waals surface area contributed by atoms with E-state index in [1.54, 1.807) is 0 Å². The van der Waals surface area contributed by atoms with Crippen molar-refractivity contribution in [1.82, 2.24) is 0 Å². The van der Waals surface area contributed by atoms with Crippen molar-refractivity contribution in [1.29, 1.82) is 0 Å². The van der Waals surface area contributed by atoms with Crippen molar-refractivity contribution in [2.45, 2.75) is 26.4 Å². The number of hydrogen-bond donors (Lipinski definition) is 0. The van der Waals surface area contributed by atoms with E-state index in [4.69, 9.17) is 0 Å². The van der Waals surface area contributed by atoms with Crippen LogP contribution in [0.1, 0.15) is 13.8 Å². The first kappa shape index (κ1) is 8.80. The quantitative estimate of drug-likeness (QED) is 0.682. The van der Waals surface area contributed by atoms with Gasteiger partial charge in [0, 0.05) is 0 Å². The zero-order chi connectivity index (χ0) is 6.41. The molecule has 8 heavy (non-hydrogen) atoms. The molecular formula is C6H14FIn. The summed E-state index contributed by atoms with van der Waals surface area (Å²) in [6.45, 7) is 4.36. The molecule has 0 aliphatic carbocycles. The Labute approximate surface area is 59.0 Å². The van der Waals surface area contributed by atoms with Crippen molar-refractivity contribution in [3.63, 3.8) is 0 Å². The molecule has 0 radical (unpaired) electrons. The molecule has 0 fully saturated rings. The van der Waals surface area contributed by atoms with Crippen molar-refractivity contribution >= 4 is 21.4 Å². The molecule has 0 saturated heterocycles. The minimum absolute atomic E-state index is 0.0531. The van der Waals surface area contributed by atoms with Crippen LogP contribution in [-0.4, -0.2) is 28.1 Å². The Morgan fingerprint density at radius 3 is 1.88 bits per heavy atom. The van der Waals surface area contributed by atoms with E-state index < -0.39 is 21.4 Å². The van der Waals surface area contributed by atoms with Crippen molar-refractivity contribution in [2.75, 3.05) is 6.67 Å². The third kappa shape index (κ3) is 3.76. The van der Waals surface area contributed by atoms with Gasteiger partial charge >= 0.3 is 58.9 Å². The zero-order valence-electron chi connectivity index (χ0n) is 5.78. The van der Waals surface area contributed by atoms with Gasteiger partial charge in [0.05, 0.1) is 0 Å². The van der Waals surface area contributed by atoms with E-state index in [1.165, 1.54) is 8.35 Å². The van der Waals surface area contributed by atoms with Gasteiger partial charge in [-0.05, 0) is 0 Å². The van der Waals surface area contributed by atoms with Gasteiger partial charge in [0.15, 0.2) is 0 Å². The van der Waals surface area contributed by atoms with E-state index in [-0.39, 0.29) is 6.67 Å². The van der Waals surface area contributed by atoms with Crippen LogP contribution in [0.15, 0.2) is 0 Å². The second-order valence-corrected chi connectivity index (χ2v) is 13.4. The van der Waals surface area contributed by atoms with Crippen molar-refractivity contribution < 1.29 is 4.39 Å². The van der Waals surface area contributed by atoms with Gasteiger partial charge < -0.3 is 0 Å². The Kier molecular flexibility index (Phi) is 6.52. The average molecular weight is 220 g/mol. The summed E-state index contributed by atoms with van der Waals surface area (Å²) in [7, 11) is 0. The van der Waals surface area contributed by atoms with Crippen molar-refractivity contribution in [3.8, 4) is 0 Å².